The lowest BCUT2D eigenvalue weighted by atomic mass is 9.74. The van der Waals surface area contributed by atoms with E-state index in [0.717, 1.165) is 19.3 Å². The summed E-state index contributed by atoms with van der Waals surface area (Å²) in [7, 11) is 1.55. The van der Waals surface area contributed by atoms with Crippen molar-refractivity contribution in [2.75, 3.05) is 7.11 Å². The van der Waals surface area contributed by atoms with Crippen LogP contribution in [0, 0.1) is 11.7 Å². The van der Waals surface area contributed by atoms with Crippen molar-refractivity contribution in [3.8, 4) is 5.75 Å². The molecule has 1 aromatic carbocycles. The normalized spacial score (nSPS) is 28.1. The van der Waals surface area contributed by atoms with Gasteiger partial charge in [-0.1, -0.05) is 13.3 Å². The summed E-state index contributed by atoms with van der Waals surface area (Å²) in [4.78, 5) is 0. The minimum Gasteiger partial charge on any atom is -0.497 e. The lowest BCUT2D eigenvalue weighted by molar-refractivity contribution is -0.0175. The highest BCUT2D eigenvalue weighted by atomic mass is 19.1. The molecule has 0 aromatic heterocycles. The van der Waals surface area contributed by atoms with E-state index in [1.54, 1.807) is 19.2 Å². The zero-order valence-corrected chi connectivity index (χ0v) is 11.1. The van der Waals surface area contributed by atoms with Crippen molar-refractivity contribution >= 4 is 0 Å². The molecule has 0 saturated heterocycles. The molecule has 3 heteroatoms. The van der Waals surface area contributed by atoms with E-state index < -0.39 is 5.60 Å². The van der Waals surface area contributed by atoms with Crippen LogP contribution in [0.4, 0.5) is 4.39 Å². The van der Waals surface area contributed by atoms with E-state index in [2.05, 4.69) is 6.92 Å². The first kappa shape index (κ1) is 13.3. The molecule has 2 rings (SSSR count). The Kier molecular flexibility index (Phi) is 3.91. The standard InChI is InChI=1S/C15H21FO2/c1-3-11-6-8-15(17,9-7-11)13-10-12(18-2)4-5-14(13)16/h4-5,10-11,17H,3,6-9H2,1-2H3. The molecule has 2 nitrogen and oxygen atoms in total. The number of halogens is 1. The number of hydrogen-bond acceptors (Lipinski definition) is 2. The van der Waals surface area contributed by atoms with Crippen LogP contribution in [0.5, 0.6) is 5.75 Å². The van der Waals surface area contributed by atoms with Crippen LogP contribution >= 0.6 is 0 Å². The van der Waals surface area contributed by atoms with Gasteiger partial charge in [0.2, 0.25) is 0 Å². The summed E-state index contributed by atoms with van der Waals surface area (Å²) >= 11 is 0. The summed E-state index contributed by atoms with van der Waals surface area (Å²) in [5.74, 6) is 0.921. The van der Waals surface area contributed by atoms with Crippen LogP contribution in [-0.2, 0) is 5.60 Å². The minimum absolute atomic E-state index is 0.340. The Morgan fingerprint density at radius 1 is 1.39 bits per heavy atom. The molecule has 1 aliphatic carbocycles. The Labute approximate surface area is 108 Å². The Morgan fingerprint density at radius 3 is 2.61 bits per heavy atom. The molecule has 0 bridgehead atoms. The highest BCUT2D eigenvalue weighted by Crippen LogP contribution is 2.42. The van der Waals surface area contributed by atoms with Crippen LogP contribution in [0.15, 0.2) is 18.2 Å². The van der Waals surface area contributed by atoms with Crippen LogP contribution in [-0.4, -0.2) is 12.2 Å². The van der Waals surface area contributed by atoms with Gasteiger partial charge in [0.25, 0.3) is 0 Å². The maximum Gasteiger partial charge on any atom is 0.129 e. The second-order valence-electron chi connectivity index (χ2n) is 5.23. The molecule has 18 heavy (non-hydrogen) atoms. The number of benzene rings is 1. The van der Waals surface area contributed by atoms with Crippen molar-refractivity contribution in [1.29, 1.82) is 0 Å². The summed E-state index contributed by atoms with van der Waals surface area (Å²) in [6.45, 7) is 2.17. The number of rotatable bonds is 3. The monoisotopic (exact) mass is 252 g/mol. The van der Waals surface area contributed by atoms with Crippen LogP contribution in [0.1, 0.15) is 44.6 Å². The van der Waals surface area contributed by atoms with Gasteiger partial charge in [-0.3, -0.25) is 0 Å². The van der Waals surface area contributed by atoms with Crippen molar-refractivity contribution in [1.82, 2.24) is 0 Å². The van der Waals surface area contributed by atoms with Gasteiger partial charge in [0.1, 0.15) is 11.6 Å². The van der Waals surface area contributed by atoms with Crippen molar-refractivity contribution in [3.05, 3.63) is 29.6 Å². The average molecular weight is 252 g/mol. The summed E-state index contributed by atoms with van der Waals surface area (Å²) in [6, 6.07) is 4.58. The second kappa shape index (κ2) is 5.27. The van der Waals surface area contributed by atoms with Gasteiger partial charge >= 0.3 is 0 Å². The third-order valence-corrected chi connectivity index (χ3v) is 4.18. The smallest absolute Gasteiger partial charge is 0.129 e. The number of ether oxygens (including phenoxy) is 1. The van der Waals surface area contributed by atoms with Crippen LogP contribution in [0.2, 0.25) is 0 Å². The predicted molar refractivity (Wildman–Crippen MR) is 69.1 cm³/mol. The second-order valence-corrected chi connectivity index (χ2v) is 5.23. The van der Waals surface area contributed by atoms with Crippen LogP contribution < -0.4 is 4.74 Å². The van der Waals surface area contributed by atoms with Gasteiger partial charge in [-0.05, 0) is 49.8 Å². The molecule has 0 radical (unpaired) electrons. The molecule has 0 spiro atoms. The zero-order chi connectivity index (χ0) is 13.2. The van der Waals surface area contributed by atoms with Crippen LogP contribution in [0.25, 0.3) is 0 Å². The largest absolute Gasteiger partial charge is 0.497 e. The molecule has 0 atom stereocenters. The Bertz CT molecular complexity index is 409. The van der Waals surface area contributed by atoms with E-state index in [9.17, 15) is 9.50 Å². The molecule has 1 aliphatic rings. The lowest BCUT2D eigenvalue weighted by Crippen LogP contribution is -2.32. The van der Waals surface area contributed by atoms with E-state index >= 15 is 0 Å². The maximum atomic E-state index is 13.9. The molecule has 1 saturated carbocycles. The molecule has 1 fully saturated rings. The molecular formula is C15H21FO2. The van der Waals surface area contributed by atoms with Gasteiger partial charge < -0.3 is 9.84 Å². The van der Waals surface area contributed by atoms with Gasteiger partial charge in [-0.2, -0.15) is 0 Å². The highest BCUT2D eigenvalue weighted by molar-refractivity contribution is 5.34. The molecule has 0 amide bonds. The molecular weight excluding hydrogens is 231 g/mol. The lowest BCUT2D eigenvalue weighted by Gasteiger charge is -2.36. The average Bonchev–Trinajstić information content (AvgIpc) is 2.40. The highest BCUT2D eigenvalue weighted by Gasteiger charge is 2.36. The molecule has 0 unspecified atom stereocenters. The van der Waals surface area contributed by atoms with E-state index in [-0.39, 0.29) is 5.82 Å². The molecule has 100 valence electrons. The Balaban J connectivity index is 2.25. The van der Waals surface area contributed by atoms with Gasteiger partial charge in [0, 0.05) is 5.56 Å². The number of aliphatic hydroxyl groups is 1. The summed E-state index contributed by atoms with van der Waals surface area (Å²) in [5.41, 5.74) is -0.638. The fraction of sp³-hybridized carbons (Fsp3) is 0.600. The summed E-state index contributed by atoms with van der Waals surface area (Å²) in [5, 5.41) is 10.7. The minimum atomic E-state index is -1.02. The molecule has 0 aliphatic heterocycles. The maximum absolute atomic E-state index is 13.9. The topological polar surface area (TPSA) is 29.5 Å². The molecule has 1 N–H and O–H groups in total. The van der Waals surface area contributed by atoms with E-state index in [4.69, 9.17) is 4.74 Å². The predicted octanol–water partition coefficient (Wildman–Crippen LogP) is 3.62. The first-order chi connectivity index (χ1) is 8.59. The zero-order valence-electron chi connectivity index (χ0n) is 11.1. The Hall–Kier alpha value is -1.09. The first-order valence-corrected chi connectivity index (χ1v) is 6.65. The fourth-order valence-corrected chi connectivity index (χ4v) is 2.82. The third kappa shape index (κ3) is 2.51. The number of hydrogen-bond donors (Lipinski definition) is 1. The molecule has 1 aromatic rings. The van der Waals surface area contributed by atoms with Gasteiger partial charge in [-0.15, -0.1) is 0 Å². The van der Waals surface area contributed by atoms with E-state index in [1.807, 2.05) is 0 Å². The van der Waals surface area contributed by atoms with Crippen molar-refractivity contribution < 1.29 is 14.2 Å². The SMILES string of the molecule is CCC1CCC(O)(c2cc(OC)ccc2F)CC1. The summed E-state index contributed by atoms with van der Waals surface area (Å²) in [6.07, 6.45) is 4.33. The van der Waals surface area contributed by atoms with Gasteiger partial charge in [-0.25, -0.2) is 4.39 Å². The quantitative estimate of drug-likeness (QED) is 0.890. The Morgan fingerprint density at radius 2 is 2.06 bits per heavy atom. The van der Waals surface area contributed by atoms with E-state index in [1.165, 1.54) is 6.07 Å². The number of methoxy groups -OCH3 is 1. The van der Waals surface area contributed by atoms with Crippen molar-refractivity contribution in [2.24, 2.45) is 5.92 Å². The van der Waals surface area contributed by atoms with Crippen molar-refractivity contribution in [3.63, 3.8) is 0 Å². The van der Waals surface area contributed by atoms with Gasteiger partial charge in [0.15, 0.2) is 0 Å². The van der Waals surface area contributed by atoms with Crippen LogP contribution in [0.3, 0.4) is 0 Å². The molecule has 0 heterocycles. The van der Waals surface area contributed by atoms with E-state index in [0.29, 0.717) is 30.1 Å². The van der Waals surface area contributed by atoms with Gasteiger partial charge in [0.05, 0.1) is 12.7 Å². The fourth-order valence-electron chi connectivity index (χ4n) is 2.82. The first-order valence-electron chi connectivity index (χ1n) is 6.65. The third-order valence-electron chi connectivity index (χ3n) is 4.18. The van der Waals surface area contributed by atoms with Crippen molar-refractivity contribution in [2.45, 2.75) is 44.6 Å². The summed E-state index contributed by atoms with van der Waals surface area (Å²) < 4.78 is 19.0.